The lowest BCUT2D eigenvalue weighted by Gasteiger charge is -2.33. The minimum Gasteiger partial charge on any atom is -0.481 e. The zero-order valence-electron chi connectivity index (χ0n) is 11.0. The van der Waals surface area contributed by atoms with Gasteiger partial charge in [0.25, 0.3) is 0 Å². The molecule has 1 saturated heterocycles. The molecule has 5 heteroatoms. The Balaban J connectivity index is 1.87. The Morgan fingerprint density at radius 1 is 1.28 bits per heavy atom. The van der Waals surface area contributed by atoms with E-state index < -0.39 is 5.97 Å². The zero-order valence-corrected chi connectivity index (χ0v) is 11.0. The van der Waals surface area contributed by atoms with Crippen molar-refractivity contribution in [2.75, 3.05) is 19.6 Å². The van der Waals surface area contributed by atoms with E-state index >= 15 is 0 Å². The van der Waals surface area contributed by atoms with E-state index in [-0.39, 0.29) is 18.0 Å². The van der Waals surface area contributed by atoms with Gasteiger partial charge < -0.3 is 14.9 Å². The third-order valence-electron chi connectivity index (χ3n) is 4.11. The predicted molar refractivity (Wildman–Crippen MR) is 67.3 cm³/mol. The van der Waals surface area contributed by atoms with Crippen molar-refractivity contribution in [1.82, 2.24) is 9.80 Å². The van der Waals surface area contributed by atoms with Crippen molar-refractivity contribution in [1.29, 1.82) is 0 Å². The average molecular weight is 254 g/mol. The number of urea groups is 1. The van der Waals surface area contributed by atoms with Crippen LogP contribution in [0.2, 0.25) is 0 Å². The van der Waals surface area contributed by atoms with Gasteiger partial charge in [0.2, 0.25) is 0 Å². The third-order valence-corrected chi connectivity index (χ3v) is 4.11. The number of aliphatic carboxylic acids is 1. The maximum Gasteiger partial charge on any atom is 0.320 e. The van der Waals surface area contributed by atoms with Crippen LogP contribution >= 0.6 is 0 Å². The number of carbonyl (C=O) groups excluding carboxylic acids is 1. The van der Waals surface area contributed by atoms with Crippen molar-refractivity contribution in [2.45, 2.75) is 45.1 Å². The van der Waals surface area contributed by atoms with Gasteiger partial charge in [0.1, 0.15) is 0 Å². The fourth-order valence-corrected chi connectivity index (χ4v) is 3.05. The molecular formula is C13H22N2O3. The number of carbonyl (C=O) groups is 2. The number of hydrogen-bond donors (Lipinski definition) is 1. The van der Waals surface area contributed by atoms with Gasteiger partial charge in [-0.05, 0) is 32.1 Å². The number of carboxylic acid groups (broad SMARTS) is 1. The van der Waals surface area contributed by atoms with Gasteiger partial charge in [0, 0.05) is 25.7 Å². The summed E-state index contributed by atoms with van der Waals surface area (Å²) >= 11 is 0. The maximum absolute atomic E-state index is 12.1. The SMILES string of the molecule is CCCN1CCN(C2CCC(C(=O)O)CC2)C1=O. The lowest BCUT2D eigenvalue weighted by atomic mass is 9.85. The highest BCUT2D eigenvalue weighted by atomic mass is 16.4. The molecule has 0 aromatic rings. The molecule has 1 saturated carbocycles. The first kappa shape index (κ1) is 13.2. The van der Waals surface area contributed by atoms with Crippen LogP contribution in [-0.4, -0.2) is 52.6 Å². The second-order valence-corrected chi connectivity index (χ2v) is 5.31. The smallest absolute Gasteiger partial charge is 0.320 e. The molecule has 2 rings (SSSR count). The summed E-state index contributed by atoms with van der Waals surface area (Å²) < 4.78 is 0. The average Bonchev–Trinajstić information content (AvgIpc) is 2.72. The lowest BCUT2D eigenvalue weighted by molar-refractivity contribution is -0.143. The molecule has 1 heterocycles. The van der Waals surface area contributed by atoms with E-state index in [1.54, 1.807) is 0 Å². The van der Waals surface area contributed by atoms with Crippen molar-refractivity contribution in [3.8, 4) is 0 Å². The van der Waals surface area contributed by atoms with E-state index in [0.29, 0.717) is 12.8 Å². The van der Waals surface area contributed by atoms with Crippen LogP contribution < -0.4 is 0 Å². The maximum atomic E-state index is 12.1. The Bertz CT molecular complexity index is 324. The quantitative estimate of drug-likeness (QED) is 0.831. The lowest BCUT2D eigenvalue weighted by Crippen LogP contribution is -2.42. The van der Waals surface area contributed by atoms with E-state index in [1.165, 1.54) is 0 Å². The molecule has 2 aliphatic rings. The summed E-state index contributed by atoms with van der Waals surface area (Å²) in [7, 11) is 0. The predicted octanol–water partition coefficient (Wildman–Crippen LogP) is 1.78. The first-order valence-electron chi connectivity index (χ1n) is 6.91. The van der Waals surface area contributed by atoms with Crippen molar-refractivity contribution in [3.05, 3.63) is 0 Å². The molecule has 1 N–H and O–H groups in total. The summed E-state index contributed by atoms with van der Waals surface area (Å²) in [6.07, 6.45) is 4.08. The summed E-state index contributed by atoms with van der Waals surface area (Å²) in [5.41, 5.74) is 0. The fraction of sp³-hybridized carbons (Fsp3) is 0.846. The summed E-state index contributed by atoms with van der Waals surface area (Å²) in [6, 6.07) is 0.408. The molecule has 0 atom stereocenters. The van der Waals surface area contributed by atoms with Gasteiger partial charge in [-0.2, -0.15) is 0 Å². The minimum atomic E-state index is -0.686. The second kappa shape index (κ2) is 5.59. The highest BCUT2D eigenvalue weighted by Crippen LogP contribution is 2.29. The number of rotatable bonds is 4. The van der Waals surface area contributed by atoms with Crippen LogP contribution in [0, 0.1) is 5.92 Å². The minimum absolute atomic E-state index is 0.149. The van der Waals surface area contributed by atoms with E-state index in [9.17, 15) is 9.59 Å². The Morgan fingerprint density at radius 3 is 2.50 bits per heavy atom. The highest BCUT2D eigenvalue weighted by molar-refractivity contribution is 5.77. The highest BCUT2D eigenvalue weighted by Gasteiger charge is 2.36. The summed E-state index contributed by atoms with van der Waals surface area (Å²) in [5.74, 6) is -0.889. The summed E-state index contributed by atoms with van der Waals surface area (Å²) in [6.45, 7) is 4.54. The molecule has 2 amide bonds. The van der Waals surface area contributed by atoms with E-state index in [2.05, 4.69) is 6.92 Å². The first-order chi connectivity index (χ1) is 8.63. The van der Waals surface area contributed by atoms with Gasteiger partial charge in [-0.3, -0.25) is 4.79 Å². The topological polar surface area (TPSA) is 60.9 Å². The van der Waals surface area contributed by atoms with Gasteiger partial charge in [-0.15, -0.1) is 0 Å². The van der Waals surface area contributed by atoms with Crippen molar-refractivity contribution in [2.24, 2.45) is 5.92 Å². The van der Waals surface area contributed by atoms with Crippen LogP contribution in [0.25, 0.3) is 0 Å². The molecule has 2 fully saturated rings. The van der Waals surface area contributed by atoms with Gasteiger partial charge in [0.05, 0.1) is 5.92 Å². The van der Waals surface area contributed by atoms with Crippen LogP contribution in [0.15, 0.2) is 0 Å². The van der Waals surface area contributed by atoms with Crippen LogP contribution in [-0.2, 0) is 4.79 Å². The third kappa shape index (κ3) is 2.60. The molecule has 0 radical (unpaired) electrons. The molecule has 0 spiro atoms. The van der Waals surface area contributed by atoms with Crippen LogP contribution in [0.3, 0.4) is 0 Å². The molecule has 102 valence electrons. The largest absolute Gasteiger partial charge is 0.481 e. The number of carboxylic acids is 1. The number of nitrogens with zero attached hydrogens (tertiary/aromatic N) is 2. The Labute approximate surface area is 108 Å². The van der Waals surface area contributed by atoms with Gasteiger partial charge in [-0.1, -0.05) is 6.92 Å². The molecule has 1 aliphatic carbocycles. The van der Waals surface area contributed by atoms with Crippen molar-refractivity contribution < 1.29 is 14.7 Å². The zero-order chi connectivity index (χ0) is 13.1. The van der Waals surface area contributed by atoms with Crippen molar-refractivity contribution in [3.63, 3.8) is 0 Å². The molecular weight excluding hydrogens is 232 g/mol. The monoisotopic (exact) mass is 254 g/mol. The first-order valence-corrected chi connectivity index (χ1v) is 6.91. The molecule has 5 nitrogen and oxygen atoms in total. The van der Waals surface area contributed by atoms with Crippen LogP contribution in [0.1, 0.15) is 39.0 Å². The van der Waals surface area contributed by atoms with Gasteiger partial charge in [-0.25, -0.2) is 4.79 Å². The Morgan fingerprint density at radius 2 is 1.94 bits per heavy atom. The van der Waals surface area contributed by atoms with Crippen molar-refractivity contribution >= 4 is 12.0 Å². The Kier molecular flexibility index (Phi) is 4.09. The molecule has 18 heavy (non-hydrogen) atoms. The number of hydrogen-bond acceptors (Lipinski definition) is 2. The standard InChI is InChI=1S/C13H22N2O3/c1-2-7-14-8-9-15(13(14)18)11-5-3-10(4-6-11)12(16)17/h10-11H,2-9H2,1H3,(H,16,17). The summed E-state index contributed by atoms with van der Waals surface area (Å²) in [5, 5.41) is 8.97. The second-order valence-electron chi connectivity index (χ2n) is 5.31. The molecule has 0 unspecified atom stereocenters. The number of amides is 2. The molecule has 0 aromatic carbocycles. The molecule has 0 bridgehead atoms. The fourth-order valence-electron chi connectivity index (χ4n) is 3.05. The molecule has 0 aromatic heterocycles. The van der Waals surface area contributed by atoms with E-state index in [1.807, 2.05) is 9.80 Å². The summed E-state index contributed by atoms with van der Waals surface area (Å²) in [4.78, 5) is 26.9. The van der Waals surface area contributed by atoms with Gasteiger partial charge >= 0.3 is 12.0 Å². The molecule has 1 aliphatic heterocycles. The normalized spacial score (nSPS) is 28.8. The van der Waals surface area contributed by atoms with E-state index in [0.717, 1.165) is 38.9 Å². The van der Waals surface area contributed by atoms with Gasteiger partial charge in [0.15, 0.2) is 0 Å². The Hall–Kier alpha value is -1.26. The van der Waals surface area contributed by atoms with Crippen LogP contribution in [0.4, 0.5) is 4.79 Å². The van der Waals surface area contributed by atoms with Crippen LogP contribution in [0.5, 0.6) is 0 Å². The van der Waals surface area contributed by atoms with E-state index in [4.69, 9.17) is 5.11 Å².